The number of aryl methyl sites for hydroxylation is 1. The fourth-order valence-electron chi connectivity index (χ4n) is 1.92. The molecular formula is C13H19N3O2. The van der Waals surface area contributed by atoms with Gasteiger partial charge in [-0.25, -0.2) is 0 Å². The molecule has 18 heavy (non-hydrogen) atoms. The third-order valence-electron chi connectivity index (χ3n) is 2.83. The van der Waals surface area contributed by atoms with Crippen molar-refractivity contribution >= 4 is 5.91 Å². The second-order valence-electron chi connectivity index (χ2n) is 4.45. The lowest BCUT2D eigenvalue weighted by Gasteiger charge is -2.23. The van der Waals surface area contributed by atoms with Crippen molar-refractivity contribution in [3.8, 4) is 0 Å². The Morgan fingerprint density at radius 2 is 2.50 bits per heavy atom. The molecule has 2 N–H and O–H groups in total. The Kier molecular flexibility index (Phi) is 4.66. The number of rotatable bonds is 4. The van der Waals surface area contributed by atoms with Gasteiger partial charge in [-0.05, 0) is 19.1 Å². The van der Waals surface area contributed by atoms with E-state index in [1.165, 1.54) is 0 Å². The lowest BCUT2D eigenvalue weighted by atomic mass is 10.2. The highest BCUT2D eigenvalue weighted by Crippen LogP contribution is 2.02. The molecule has 5 heteroatoms. The van der Waals surface area contributed by atoms with E-state index in [1.54, 1.807) is 0 Å². The largest absolute Gasteiger partial charge is 0.375 e. The van der Waals surface area contributed by atoms with Crippen LogP contribution in [-0.4, -0.2) is 36.7 Å². The molecule has 1 unspecified atom stereocenters. The van der Waals surface area contributed by atoms with Crippen LogP contribution in [0.2, 0.25) is 0 Å². The zero-order valence-electron chi connectivity index (χ0n) is 10.6. The quantitative estimate of drug-likeness (QED) is 0.810. The maximum absolute atomic E-state index is 11.7. The first-order valence-electron chi connectivity index (χ1n) is 6.25. The number of hydrogen-bond donors (Lipinski definition) is 2. The minimum absolute atomic E-state index is 0.00649. The van der Waals surface area contributed by atoms with Crippen LogP contribution in [0.25, 0.3) is 0 Å². The molecule has 1 fully saturated rings. The van der Waals surface area contributed by atoms with Crippen LogP contribution < -0.4 is 10.6 Å². The maximum Gasteiger partial charge on any atom is 0.222 e. The van der Waals surface area contributed by atoms with Crippen molar-refractivity contribution in [3.63, 3.8) is 0 Å². The number of pyridine rings is 1. The summed E-state index contributed by atoms with van der Waals surface area (Å²) in [6.07, 6.45) is 0.392. The van der Waals surface area contributed by atoms with Crippen molar-refractivity contribution in [2.75, 3.05) is 19.7 Å². The van der Waals surface area contributed by atoms with Crippen LogP contribution in [0.5, 0.6) is 0 Å². The highest BCUT2D eigenvalue weighted by atomic mass is 16.5. The zero-order chi connectivity index (χ0) is 12.8. The Morgan fingerprint density at radius 1 is 1.61 bits per heavy atom. The van der Waals surface area contributed by atoms with Crippen LogP contribution in [0.4, 0.5) is 0 Å². The van der Waals surface area contributed by atoms with Crippen LogP contribution >= 0.6 is 0 Å². The van der Waals surface area contributed by atoms with E-state index in [9.17, 15) is 4.79 Å². The Hall–Kier alpha value is -1.46. The monoisotopic (exact) mass is 249 g/mol. The number of carbonyl (C=O) groups excluding carboxylic acids is 1. The summed E-state index contributed by atoms with van der Waals surface area (Å²) >= 11 is 0. The smallest absolute Gasteiger partial charge is 0.222 e. The van der Waals surface area contributed by atoms with E-state index in [2.05, 4.69) is 15.6 Å². The number of ether oxygens (including phenoxy) is 1. The third kappa shape index (κ3) is 4.09. The first kappa shape index (κ1) is 13.0. The summed E-state index contributed by atoms with van der Waals surface area (Å²) in [4.78, 5) is 16.1. The van der Waals surface area contributed by atoms with E-state index >= 15 is 0 Å². The van der Waals surface area contributed by atoms with Gasteiger partial charge < -0.3 is 15.4 Å². The SMILES string of the molecule is Cc1cccc(CNC(=O)CC2CNCCO2)n1. The summed E-state index contributed by atoms with van der Waals surface area (Å²) in [5, 5.41) is 6.07. The van der Waals surface area contributed by atoms with Gasteiger partial charge in [0.25, 0.3) is 0 Å². The van der Waals surface area contributed by atoms with Crippen molar-refractivity contribution in [1.82, 2.24) is 15.6 Å². The van der Waals surface area contributed by atoms with E-state index in [-0.39, 0.29) is 12.0 Å². The Bertz CT molecular complexity index is 403. The lowest BCUT2D eigenvalue weighted by molar-refractivity contribution is -0.124. The van der Waals surface area contributed by atoms with E-state index in [0.29, 0.717) is 19.6 Å². The highest BCUT2D eigenvalue weighted by molar-refractivity contribution is 5.76. The molecule has 1 aromatic rings. The second kappa shape index (κ2) is 6.47. The molecule has 0 aliphatic carbocycles. The Balaban J connectivity index is 1.74. The van der Waals surface area contributed by atoms with Crippen molar-refractivity contribution in [2.24, 2.45) is 0 Å². The first-order chi connectivity index (χ1) is 8.74. The zero-order valence-corrected chi connectivity index (χ0v) is 10.6. The van der Waals surface area contributed by atoms with Crippen molar-refractivity contribution < 1.29 is 9.53 Å². The van der Waals surface area contributed by atoms with Gasteiger partial charge in [0.05, 0.1) is 31.4 Å². The number of carbonyl (C=O) groups is 1. The van der Waals surface area contributed by atoms with Gasteiger partial charge in [0.1, 0.15) is 0 Å². The number of hydrogen-bond acceptors (Lipinski definition) is 4. The van der Waals surface area contributed by atoms with Crippen LogP contribution in [0.15, 0.2) is 18.2 Å². The molecule has 1 saturated heterocycles. The average molecular weight is 249 g/mol. The molecule has 0 aromatic carbocycles. The Labute approximate surface area is 107 Å². The van der Waals surface area contributed by atoms with E-state index in [0.717, 1.165) is 24.5 Å². The van der Waals surface area contributed by atoms with Gasteiger partial charge in [0.2, 0.25) is 5.91 Å². The lowest BCUT2D eigenvalue weighted by Crippen LogP contribution is -2.41. The Morgan fingerprint density at radius 3 is 3.22 bits per heavy atom. The molecule has 0 spiro atoms. The molecule has 2 heterocycles. The van der Waals surface area contributed by atoms with Crippen LogP contribution in [0.3, 0.4) is 0 Å². The maximum atomic E-state index is 11.7. The minimum atomic E-state index is -0.00998. The van der Waals surface area contributed by atoms with E-state index in [4.69, 9.17) is 4.74 Å². The molecule has 1 aromatic heterocycles. The number of nitrogens with one attached hydrogen (secondary N) is 2. The summed E-state index contributed by atoms with van der Waals surface area (Å²) in [5.74, 6) is 0.00649. The number of morpholine rings is 1. The molecule has 2 rings (SSSR count). The molecule has 0 radical (unpaired) electrons. The van der Waals surface area contributed by atoms with Crippen LogP contribution in [0, 0.1) is 6.92 Å². The van der Waals surface area contributed by atoms with Crippen LogP contribution in [0.1, 0.15) is 17.8 Å². The van der Waals surface area contributed by atoms with Gasteiger partial charge in [-0.15, -0.1) is 0 Å². The van der Waals surface area contributed by atoms with Gasteiger partial charge >= 0.3 is 0 Å². The normalized spacial score (nSPS) is 19.5. The first-order valence-corrected chi connectivity index (χ1v) is 6.25. The molecule has 1 amide bonds. The van der Waals surface area contributed by atoms with Gasteiger partial charge in [-0.2, -0.15) is 0 Å². The summed E-state index contributed by atoms with van der Waals surface area (Å²) in [6.45, 7) is 4.70. The van der Waals surface area contributed by atoms with E-state index < -0.39 is 0 Å². The van der Waals surface area contributed by atoms with Crippen molar-refractivity contribution in [1.29, 1.82) is 0 Å². The molecule has 0 saturated carbocycles. The van der Waals surface area contributed by atoms with Crippen molar-refractivity contribution in [2.45, 2.75) is 26.0 Å². The number of nitrogens with zero attached hydrogens (tertiary/aromatic N) is 1. The highest BCUT2D eigenvalue weighted by Gasteiger charge is 2.16. The molecule has 98 valence electrons. The predicted molar refractivity (Wildman–Crippen MR) is 68.0 cm³/mol. The summed E-state index contributed by atoms with van der Waals surface area (Å²) in [5.41, 5.74) is 1.84. The predicted octanol–water partition coefficient (Wildman–Crippen LogP) is 0.385. The average Bonchev–Trinajstić information content (AvgIpc) is 2.38. The topological polar surface area (TPSA) is 63.2 Å². The summed E-state index contributed by atoms with van der Waals surface area (Å²) in [6, 6.07) is 5.79. The van der Waals surface area contributed by atoms with Gasteiger partial charge in [0, 0.05) is 18.8 Å². The van der Waals surface area contributed by atoms with Gasteiger partial charge in [-0.1, -0.05) is 6.07 Å². The fraction of sp³-hybridized carbons (Fsp3) is 0.538. The molecule has 5 nitrogen and oxygen atoms in total. The molecule has 1 aliphatic rings. The molecule has 1 aliphatic heterocycles. The molecule has 1 atom stereocenters. The minimum Gasteiger partial charge on any atom is -0.375 e. The van der Waals surface area contributed by atoms with Crippen molar-refractivity contribution in [3.05, 3.63) is 29.6 Å². The van der Waals surface area contributed by atoms with Crippen LogP contribution in [-0.2, 0) is 16.1 Å². The van der Waals surface area contributed by atoms with E-state index in [1.807, 2.05) is 25.1 Å². The number of amides is 1. The third-order valence-corrected chi connectivity index (χ3v) is 2.83. The summed E-state index contributed by atoms with van der Waals surface area (Å²) in [7, 11) is 0. The fourth-order valence-corrected chi connectivity index (χ4v) is 1.92. The summed E-state index contributed by atoms with van der Waals surface area (Å²) < 4.78 is 5.48. The number of aromatic nitrogens is 1. The van der Waals surface area contributed by atoms with Gasteiger partial charge in [-0.3, -0.25) is 9.78 Å². The second-order valence-corrected chi connectivity index (χ2v) is 4.45. The standard InChI is InChI=1S/C13H19N3O2/c1-10-3-2-4-11(16-10)8-15-13(17)7-12-9-14-5-6-18-12/h2-4,12,14H,5-9H2,1H3,(H,15,17). The molecular weight excluding hydrogens is 230 g/mol. The molecule has 0 bridgehead atoms. The van der Waals surface area contributed by atoms with Gasteiger partial charge in [0.15, 0.2) is 0 Å².